The number of carbonyl (C=O) groups is 1. The molecule has 7 heteroatoms. The van der Waals surface area contributed by atoms with Crippen LogP contribution >= 0.6 is 0 Å². The molecule has 0 radical (unpaired) electrons. The maximum absolute atomic E-state index is 13.4. The van der Waals surface area contributed by atoms with Crippen molar-refractivity contribution < 1.29 is 4.79 Å². The van der Waals surface area contributed by atoms with Crippen molar-refractivity contribution in [2.24, 2.45) is 0 Å². The van der Waals surface area contributed by atoms with Gasteiger partial charge in [0.25, 0.3) is 5.95 Å². The zero-order valence-electron chi connectivity index (χ0n) is 19.5. The van der Waals surface area contributed by atoms with Gasteiger partial charge in [-0.05, 0) is 67.7 Å². The van der Waals surface area contributed by atoms with Gasteiger partial charge in [-0.2, -0.15) is 4.68 Å². The number of carbonyl (C=O) groups excluding carboxylic acids is 1. The fraction of sp³-hybridized carbons (Fsp3) is 0.385. The average molecular weight is 443 g/mol. The summed E-state index contributed by atoms with van der Waals surface area (Å²) in [6, 6.07) is 17.0. The number of amides is 1. The zero-order chi connectivity index (χ0) is 22.9. The molecule has 2 aromatic carbocycles. The second-order valence-electron chi connectivity index (χ2n) is 9.21. The number of aryl methyl sites for hydroxylation is 2. The van der Waals surface area contributed by atoms with Gasteiger partial charge in [0.1, 0.15) is 12.6 Å². The van der Waals surface area contributed by atoms with Crippen LogP contribution in [-0.4, -0.2) is 50.1 Å². The number of fused-ring (bicyclic) bond motifs is 1. The summed E-state index contributed by atoms with van der Waals surface area (Å²) < 4.78 is 1.81. The molecular weight excluding hydrogens is 412 g/mol. The topological polar surface area (TPSA) is 67.2 Å². The van der Waals surface area contributed by atoms with Gasteiger partial charge in [0.2, 0.25) is 5.91 Å². The number of allylic oxidation sites excluding steroid dienone is 1. The standard InChI is InChI=1S/C26H30N6O/c1-18-7-11-21(12-8-18)23-16-24(22-13-9-19(2)10-14-22)32-26(27-28-29-32)31(23)17-25(33)30-15-5-4-6-20(30)3/h7-14,16,20,24H,4-6,15,17H2,1-3H3. The predicted molar refractivity (Wildman–Crippen MR) is 129 cm³/mol. The summed E-state index contributed by atoms with van der Waals surface area (Å²) in [4.78, 5) is 17.4. The van der Waals surface area contributed by atoms with Crippen LogP contribution in [0, 0.1) is 13.8 Å². The van der Waals surface area contributed by atoms with Crippen LogP contribution in [0.4, 0.5) is 5.95 Å². The summed E-state index contributed by atoms with van der Waals surface area (Å²) >= 11 is 0. The molecule has 1 aromatic heterocycles. The van der Waals surface area contributed by atoms with E-state index in [1.807, 2.05) is 14.5 Å². The van der Waals surface area contributed by atoms with Crippen molar-refractivity contribution in [1.29, 1.82) is 0 Å². The Morgan fingerprint density at radius 2 is 1.70 bits per heavy atom. The third-order valence-corrected chi connectivity index (χ3v) is 6.77. The van der Waals surface area contributed by atoms with Crippen molar-refractivity contribution >= 4 is 17.6 Å². The van der Waals surface area contributed by atoms with Crippen molar-refractivity contribution in [2.75, 3.05) is 18.0 Å². The number of piperidine rings is 1. The molecule has 0 saturated carbocycles. The Kier molecular flexibility index (Phi) is 5.70. The number of hydrogen-bond donors (Lipinski definition) is 0. The van der Waals surface area contributed by atoms with E-state index in [9.17, 15) is 4.79 Å². The molecule has 0 bridgehead atoms. The Labute approximate surface area is 194 Å². The molecule has 1 amide bonds. The number of aromatic nitrogens is 4. The lowest BCUT2D eigenvalue weighted by molar-refractivity contribution is -0.132. The number of hydrogen-bond acceptors (Lipinski definition) is 5. The van der Waals surface area contributed by atoms with Crippen LogP contribution in [0.15, 0.2) is 54.6 Å². The first-order valence-electron chi connectivity index (χ1n) is 11.7. The first kappa shape index (κ1) is 21.4. The lowest BCUT2D eigenvalue weighted by atomic mass is 9.99. The van der Waals surface area contributed by atoms with Crippen LogP contribution in [0.25, 0.3) is 5.70 Å². The molecule has 0 N–H and O–H groups in total. The molecule has 2 aliphatic heterocycles. The Bertz CT molecular complexity index is 1160. The van der Waals surface area contributed by atoms with Crippen molar-refractivity contribution in [3.63, 3.8) is 0 Å². The fourth-order valence-corrected chi connectivity index (χ4v) is 4.79. The van der Waals surface area contributed by atoms with E-state index < -0.39 is 0 Å². The molecule has 3 aromatic rings. The summed E-state index contributed by atoms with van der Waals surface area (Å²) in [5, 5.41) is 12.7. The lowest BCUT2D eigenvalue weighted by Gasteiger charge is -2.37. The summed E-state index contributed by atoms with van der Waals surface area (Å²) in [6.45, 7) is 7.32. The van der Waals surface area contributed by atoms with E-state index in [1.165, 1.54) is 17.5 Å². The predicted octanol–water partition coefficient (Wildman–Crippen LogP) is 4.14. The van der Waals surface area contributed by atoms with Gasteiger partial charge in [0, 0.05) is 12.6 Å². The third kappa shape index (κ3) is 4.15. The number of rotatable bonds is 4. The molecule has 0 aliphatic carbocycles. The molecule has 2 unspecified atom stereocenters. The highest BCUT2D eigenvalue weighted by atomic mass is 16.2. The van der Waals surface area contributed by atoms with Gasteiger partial charge >= 0.3 is 0 Å². The summed E-state index contributed by atoms with van der Waals surface area (Å²) in [5.74, 6) is 0.709. The van der Waals surface area contributed by atoms with Crippen molar-refractivity contribution in [3.05, 3.63) is 76.9 Å². The number of anilines is 1. The van der Waals surface area contributed by atoms with E-state index in [0.29, 0.717) is 5.95 Å². The molecular formula is C26H30N6O. The molecule has 170 valence electrons. The summed E-state index contributed by atoms with van der Waals surface area (Å²) in [7, 11) is 0. The molecule has 0 spiro atoms. The molecule has 3 heterocycles. The first-order valence-corrected chi connectivity index (χ1v) is 11.7. The lowest BCUT2D eigenvalue weighted by Crippen LogP contribution is -2.47. The molecule has 33 heavy (non-hydrogen) atoms. The maximum atomic E-state index is 13.4. The highest BCUT2D eigenvalue weighted by molar-refractivity contribution is 5.89. The summed E-state index contributed by atoms with van der Waals surface area (Å²) in [6.07, 6.45) is 5.47. The highest BCUT2D eigenvalue weighted by Crippen LogP contribution is 2.36. The van der Waals surface area contributed by atoms with E-state index in [0.717, 1.165) is 36.2 Å². The Morgan fingerprint density at radius 1 is 1.00 bits per heavy atom. The van der Waals surface area contributed by atoms with Gasteiger partial charge in [-0.1, -0.05) is 64.8 Å². The smallest absolute Gasteiger partial charge is 0.251 e. The average Bonchev–Trinajstić information content (AvgIpc) is 3.31. The fourth-order valence-electron chi connectivity index (χ4n) is 4.79. The van der Waals surface area contributed by atoms with E-state index in [1.54, 1.807) is 0 Å². The molecule has 1 fully saturated rings. The number of benzene rings is 2. The quantitative estimate of drug-likeness (QED) is 0.607. The molecule has 1 saturated heterocycles. The van der Waals surface area contributed by atoms with Gasteiger partial charge in [-0.3, -0.25) is 9.69 Å². The van der Waals surface area contributed by atoms with Crippen LogP contribution in [0.5, 0.6) is 0 Å². The second-order valence-corrected chi connectivity index (χ2v) is 9.21. The minimum Gasteiger partial charge on any atom is -0.338 e. The normalized spacial score (nSPS) is 20.4. The number of tetrazole rings is 1. The number of nitrogens with zero attached hydrogens (tertiary/aromatic N) is 6. The molecule has 7 nitrogen and oxygen atoms in total. The van der Waals surface area contributed by atoms with Gasteiger partial charge in [0.05, 0.1) is 5.70 Å². The van der Waals surface area contributed by atoms with Crippen LogP contribution in [0.1, 0.15) is 54.5 Å². The van der Waals surface area contributed by atoms with Crippen LogP contribution in [0.3, 0.4) is 0 Å². The monoisotopic (exact) mass is 442 g/mol. The first-order chi connectivity index (χ1) is 16.0. The van der Waals surface area contributed by atoms with Crippen LogP contribution < -0.4 is 4.90 Å². The SMILES string of the molecule is Cc1ccc(C2=CC(c3ccc(C)cc3)n3nnnc3N2CC(=O)N2CCCCC2C)cc1. The molecule has 2 aliphatic rings. The Hall–Kier alpha value is -3.48. The van der Waals surface area contributed by atoms with E-state index in [4.69, 9.17) is 0 Å². The van der Waals surface area contributed by atoms with Crippen LogP contribution in [0.2, 0.25) is 0 Å². The van der Waals surface area contributed by atoms with Crippen molar-refractivity contribution in [2.45, 2.75) is 52.1 Å². The van der Waals surface area contributed by atoms with Crippen LogP contribution in [-0.2, 0) is 4.79 Å². The minimum absolute atomic E-state index is 0.114. The third-order valence-electron chi connectivity index (χ3n) is 6.77. The second kappa shape index (κ2) is 8.81. The Morgan fingerprint density at radius 3 is 2.39 bits per heavy atom. The zero-order valence-corrected chi connectivity index (χ0v) is 19.5. The van der Waals surface area contributed by atoms with E-state index in [-0.39, 0.29) is 24.5 Å². The molecule has 2 atom stereocenters. The largest absolute Gasteiger partial charge is 0.338 e. The van der Waals surface area contributed by atoms with Gasteiger partial charge < -0.3 is 4.90 Å². The minimum atomic E-state index is -0.146. The maximum Gasteiger partial charge on any atom is 0.251 e. The van der Waals surface area contributed by atoms with Gasteiger partial charge in [-0.15, -0.1) is 0 Å². The van der Waals surface area contributed by atoms with E-state index >= 15 is 0 Å². The van der Waals surface area contributed by atoms with E-state index in [2.05, 4.69) is 90.9 Å². The summed E-state index contributed by atoms with van der Waals surface area (Å²) in [5.41, 5.74) is 5.51. The van der Waals surface area contributed by atoms with Crippen molar-refractivity contribution in [1.82, 2.24) is 25.1 Å². The van der Waals surface area contributed by atoms with Gasteiger partial charge in [-0.25, -0.2) is 0 Å². The number of likely N-dealkylation sites (tertiary alicyclic amines) is 1. The molecule has 5 rings (SSSR count). The highest BCUT2D eigenvalue weighted by Gasteiger charge is 2.34. The Balaban J connectivity index is 1.56. The van der Waals surface area contributed by atoms with Gasteiger partial charge in [0.15, 0.2) is 0 Å². The van der Waals surface area contributed by atoms with Crippen molar-refractivity contribution in [3.8, 4) is 0 Å².